The molecule has 0 aliphatic carbocycles. The molecule has 0 amide bonds. The fourth-order valence-corrected chi connectivity index (χ4v) is 1.24. The molecule has 2 aromatic rings. The zero-order valence-electron chi connectivity index (χ0n) is 8.55. The van der Waals surface area contributed by atoms with E-state index in [1.165, 1.54) is 0 Å². The number of benzene rings is 1. The van der Waals surface area contributed by atoms with E-state index in [4.69, 9.17) is 10.3 Å². The topological polar surface area (TPSA) is 64.9 Å². The first-order valence-corrected chi connectivity index (χ1v) is 4.90. The summed E-state index contributed by atoms with van der Waals surface area (Å²) >= 11 is 0. The van der Waals surface area contributed by atoms with E-state index in [1.807, 2.05) is 37.3 Å². The van der Waals surface area contributed by atoms with E-state index in [9.17, 15) is 0 Å². The maximum Gasteiger partial charge on any atom is 0.231 e. The molecule has 1 atom stereocenters. The maximum absolute atomic E-state index is 5.52. The van der Waals surface area contributed by atoms with E-state index in [1.54, 1.807) is 0 Å². The van der Waals surface area contributed by atoms with Gasteiger partial charge in [-0.1, -0.05) is 42.4 Å². The zero-order chi connectivity index (χ0) is 10.7. The van der Waals surface area contributed by atoms with Crippen LogP contribution in [0.25, 0.3) is 11.4 Å². The molecule has 0 spiro atoms. The number of nitrogens with zero attached hydrogens (tertiary/aromatic N) is 2. The molecular weight excluding hydrogens is 190 g/mol. The van der Waals surface area contributed by atoms with Gasteiger partial charge < -0.3 is 10.3 Å². The maximum atomic E-state index is 5.52. The van der Waals surface area contributed by atoms with Crippen LogP contribution in [0.3, 0.4) is 0 Å². The second kappa shape index (κ2) is 4.23. The number of nitrogens with two attached hydrogens (primary N) is 1. The molecule has 0 aliphatic heterocycles. The van der Waals surface area contributed by atoms with Gasteiger partial charge in [0.2, 0.25) is 11.7 Å². The Bertz CT molecular complexity index is 424. The predicted octanol–water partition coefficient (Wildman–Crippen LogP) is 1.80. The third kappa shape index (κ3) is 2.05. The van der Waals surface area contributed by atoms with Crippen LogP contribution in [0.1, 0.15) is 18.7 Å². The molecule has 1 heterocycles. The fourth-order valence-electron chi connectivity index (χ4n) is 1.24. The van der Waals surface area contributed by atoms with E-state index in [0.717, 1.165) is 5.56 Å². The van der Waals surface area contributed by atoms with Crippen molar-refractivity contribution in [3.63, 3.8) is 0 Å². The van der Waals surface area contributed by atoms with Crippen LogP contribution in [0.4, 0.5) is 0 Å². The molecule has 0 saturated heterocycles. The van der Waals surface area contributed by atoms with Gasteiger partial charge in [0.05, 0.1) is 0 Å². The van der Waals surface area contributed by atoms with Crippen LogP contribution in [-0.2, 0) is 0 Å². The Balaban J connectivity index is 2.28. The Morgan fingerprint density at radius 3 is 2.73 bits per heavy atom. The van der Waals surface area contributed by atoms with E-state index in [-0.39, 0.29) is 5.92 Å². The first-order chi connectivity index (χ1) is 7.31. The monoisotopic (exact) mass is 203 g/mol. The lowest BCUT2D eigenvalue weighted by Crippen LogP contribution is -2.08. The largest absolute Gasteiger partial charge is 0.339 e. The van der Waals surface area contributed by atoms with Crippen molar-refractivity contribution in [2.24, 2.45) is 5.73 Å². The van der Waals surface area contributed by atoms with Gasteiger partial charge in [-0.25, -0.2) is 0 Å². The second-order valence-electron chi connectivity index (χ2n) is 3.46. The quantitative estimate of drug-likeness (QED) is 0.826. The zero-order valence-corrected chi connectivity index (χ0v) is 8.55. The number of aromatic nitrogens is 2. The smallest absolute Gasteiger partial charge is 0.231 e. The molecule has 4 nitrogen and oxygen atoms in total. The lowest BCUT2D eigenvalue weighted by Gasteiger charge is -1.98. The van der Waals surface area contributed by atoms with Gasteiger partial charge in [0.25, 0.3) is 0 Å². The molecule has 15 heavy (non-hydrogen) atoms. The van der Waals surface area contributed by atoms with Gasteiger partial charge in [0, 0.05) is 18.0 Å². The van der Waals surface area contributed by atoms with Gasteiger partial charge in [0.15, 0.2) is 0 Å². The molecular formula is C11H13N3O. The van der Waals surface area contributed by atoms with Gasteiger partial charge in [-0.05, 0) is 0 Å². The van der Waals surface area contributed by atoms with Crippen molar-refractivity contribution >= 4 is 0 Å². The summed E-state index contributed by atoms with van der Waals surface area (Å²) in [6.07, 6.45) is 0. The van der Waals surface area contributed by atoms with Crippen molar-refractivity contribution in [2.45, 2.75) is 12.8 Å². The number of hydrogen-bond donors (Lipinski definition) is 1. The Labute approximate surface area is 88.1 Å². The summed E-state index contributed by atoms with van der Waals surface area (Å²) in [6.45, 7) is 2.47. The molecule has 1 aromatic heterocycles. The molecule has 0 radical (unpaired) electrons. The first-order valence-electron chi connectivity index (χ1n) is 4.90. The molecule has 2 N–H and O–H groups in total. The molecule has 0 saturated carbocycles. The van der Waals surface area contributed by atoms with Crippen LogP contribution in [0.15, 0.2) is 34.9 Å². The normalized spacial score (nSPS) is 12.7. The highest BCUT2D eigenvalue weighted by molar-refractivity contribution is 5.53. The standard InChI is InChI=1S/C11H13N3O/c1-8(7-12)11-13-10(14-15-11)9-5-3-2-4-6-9/h2-6,8H,7,12H2,1H3/t8-/m0/s1. The van der Waals surface area contributed by atoms with Crippen LogP contribution < -0.4 is 5.73 Å². The summed E-state index contributed by atoms with van der Waals surface area (Å²) in [7, 11) is 0. The minimum Gasteiger partial charge on any atom is -0.339 e. The molecule has 0 unspecified atom stereocenters. The average molecular weight is 203 g/mol. The van der Waals surface area contributed by atoms with E-state index < -0.39 is 0 Å². The van der Waals surface area contributed by atoms with Crippen LogP contribution in [-0.4, -0.2) is 16.7 Å². The first kappa shape index (κ1) is 9.86. The summed E-state index contributed by atoms with van der Waals surface area (Å²) in [5.74, 6) is 1.32. The second-order valence-corrected chi connectivity index (χ2v) is 3.46. The molecule has 4 heteroatoms. The molecule has 2 rings (SSSR count). The predicted molar refractivity (Wildman–Crippen MR) is 57.2 cm³/mol. The van der Waals surface area contributed by atoms with Crippen molar-refractivity contribution in [1.82, 2.24) is 10.1 Å². The minimum atomic E-state index is 0.106. The van der Waals surface area contributed by atoms with Gasteiger partial charge in [-0.15, -0.1) is 0 Å². The van der Waals surface area contributed by atoms with Crippen molar-refractivity contribution in [3.05, 3.63) is 36.2 Å². The fraction of sp³-hybridized carbons (Fsp3) is 0.273. The Kier molecular flexibility index (Phi) is 2.78. The van der Waals surface area contributed by atoms with Gasteiger partial charge in [-0.2, -0.15) is 4.98 Å². The highest BCUT2D eigenvalue weighted by atomic mass is 16.5. The lowest BCUT2D eigenvalue weighted by molar-refractivity contribution is 0.361. The van der Waals surface area contributed by atoms with Crippen LogP contribution in [0.2, 0.25) is 0 Å². The average Bonchev–Trinajstić information content (AvgIpc) is 2.78. The summed E-state index contributed by atoms with van der Waals surface area (Å²) in [4.78, 5) is 4.29. The summed E-state index contributed by atoms with van der Waals surface area (Å²) < 4.78 is 5.13. The van der Waals surface area contributed by atoms with Crippen LogP contribution >= 0.6 is 0 Å². The molecule has 78 valence electrons. The minimum absolute atomic E-state index is 0.106. The molecule has 0 fully saturated rings. The van der Waals surface area contributed by atoms with Gasteiger partial charge in [0.1, 0.15) is 0 Å². The summed E-state index contributed by atoms with van der Waals surface area (Å²) in [5.41, 5.74) is 6.48. The highest BCUT2D eigenvalue weighted by Crippen LogP contribution is 2.18. The van der Waals surface area contributed by atoms with Crippen LogP contribution in [0, 0.1) is 0 Å². The summed E-state index contributed by atoms with van der Waals surface area (Å²) in [5, 5.41) is 3.91. The van der Waals surface area contributed by atoms with E-state index in [2.05, 4.69) is 10.1 Å². The Hall–Kier alpha value is -1.68. The Morgan fingerprint density at radius 1 is 1.33 bits per heavy atom. The van der Waals surface area contributed by atoms with Gasteiger partial charge in [-0.3, -0.25) is 0 Å². The van der Waals surface area contributed by atoms with E-state index >= 15 is 0 Å². The number of rotatable bonds is 3. The lowest BCUT2D eigenvalue weighted by atomic mass is 10.2. The SMILES string of the molecule is C[C@@H](CN)c1nc(-c2ccccc2)no1. The van der Waals surface area contributed by atoms with Crippen molar-refractivity contribution in [2.75, 3.05) is 6.54 Å². The van der Waals surface area contributed by atoms with Crippen LogP contribution in [0.5, 0.6) is 0 Å². The third-order valence-electron chi connectivity index (χ3n) is 2.25. The summed E-state index contributed by atoms with van der Waals surface area (Å²) in [6, 6.07) is 9.73. The van der Waals surface area contributed by atoms with Crippen molar-refractivity contribution < 1.29 is 4.52 Å². The van der Waals surface area contributed by atoms with E-state index in [0.29, 0.717) is 18.3 Å². The van der Waals surface area contributed by atoms with Crippen molar-refractivity contribution in [3.8, 4) is 11.4 Å². The highest BCUT2D eigenvalue weighted by Gasteiger charge is 2.13. The molecule has 0 bridgehead atoms. The Morgan fingerprint density at radius 2 is 2.07 bits per heavy atom. The number of hydrogen-bond acceptors (Lipinski definition) is 4. The molecule has 0 aliphatic rings. The third-order valence-corrected chi connectivity index (χ3v) is 2.25. The molecule has 1 aromatic carbocycles. The van der Waals surface area contributed by atoms with Crippen molar-refractivity contribution in [1.29, 1.82) is 0 Å². The van der Waals surface area contributed by atoms with Gasteiger partial charge >= 0.3 is 0 Å².